The Balaban J connectivity index is 2.18. The molecular formula is C19H19Cl2NO4. The zero-order valence-electron chi connectivity index (χ0n) is 14.2. The molecule has 0 bridgehead atoms. The first-order chi connectivity index (χ1) is 12.4. The van der Waals surface area contributed by atoms with E-state index in [9.17, 15) is 14.7 Å². The molecule has 26 heavy (non-hydrogen) atoms. The van der Waals surface area contributed by atoms with Crippen LogP contribution in [-0.2, 0) is 4.79 Å². The predicted molar refractivity (Wildman–Crippen MR) is 101 cm³/mol. The minimum absolute atomic E-state index is 0.201. The Kier molecular flexibility index (Phi) is 7.30. The standard InChI is InChI=1S/C19H19Cl2NO4/c1-2-9-26-14-6-3-12(4-7-14)17(11-18(23)24)22-19(25)15-8-5-13(20)10-16(15)21/h3-8,10,17H,2,9,11H2,1H3,(H,22,25)(H,23,24). The Hall–Kier alpha value is -2.24. The molecule has 0 spiro atoms. The number of rotatable bonds is 8. The van der Waals surface area contributed by atoms with Gasteiger partial charge in [0.2, 0.25) is 0 Å². The molecular weight excluding hydrogens is 377 g/mol. The van der Waals surface area contributed by atoms with Crippen molar-refractivity contribution in [3.8, 4) is 5.75 Å². The fourth-order valence-electron chi connectivity index (χ4n) is 2.35. The number of carbonyl (C=O) groups is 2. The number of hydrogen-bond acceptors (Lipinski definition) is 3. The van der Waals surface area contributed by atoms with Crippen LogP contribution in [0.3, 0.4) is 0 Å². The normalized spacial score (nSPS) is 11.7. The highest BCUT2D eigenvalue weighted by Gasteiger charge is 2.20. The summed E-state index contributed by atoms with van der Waals surface area (Å²) >= 11 is 11.9. The van der Waals surface area contributed by atoms with Crippen LogP contribution in [0.15, 0.2) is 42.5 Å². The van der Waals surface area contributed by atoms with Crippen molar-refractivity contribution in [3.05, 3.63) is 63.6 Å². The average Bonchev–Trinajstić information content (AvgIpc) is 2.59. The van der Waals surface area contributed by atoms with E-state index in [4.69, 9.17) is 27.9 Å². The summed E-state index contributed by atoms with van der Waals surface area (Å²) in [5.41, 5.74) is 0.893. The maximum Gasteiger partial charge on any atom is 0.305 e. The molecule has 7 heteroatoms. The van der Waals surface area contributed by atoms with E-state index in [-0.39, 0.29) is 17.0 Å². The summed E-state index contributed by atoms with van der Waals surface area (Å²) in [6, 6.07) is 10.8. The highest BCUT2D eigenvalue weighted by atomic mass is 35.5. The molecule has 138 valence electrons. The van der Waals surface area contributed by atoms with E-state index in [0.717, 1.165) is 6.42 Å². The molecule has 1 amide bonds. The molecule has 0 saturated carbocycles. The van der Waals surface area contributed by atoms with Gasteiger partial charge in [-0.2, -0.15) is 0 Å². The highest BCUT2D eigenvalue weighted by Crippen LogP contribution is 2.24. The molecule has 0 fully saturated rings. The summed E-state index contributed by atoms with van der Waals surface area (Å²) in [6.45, 7) is 2.61. The summed E-state index contributed by atoms with van der Waals surface area (Å²) in [6.07, 6.45) is 0.632. The summed E-state index contributed by atoms with van der Waals surface area (Å²) in [4.78, 5) is 23.7. The topological polar surface area (TPSA) is 75.6 Å². The number of hydrogen-bond donors (Lipinski definition) is 2. The fourth-order valence-corrected chi connectivity index (χ4v) is 2.85. The first kappa shape index (κ1) is 20.1. The van der Waals surface area contributed by atoms with Crippen LogP contribution in [0.2, 0.25) is 10.0 Å². The minimum atomic E-state index is -1.02. The lowest BCUT2D eigenvalue weighted by Gasteiger charge is -2.18. The smallest absolute Gasteiger partial charge is 0.305 e. The zero-order valence-corrected chi connectivity index (χ0v) is 15.7. The molecule has 2 aromatic rings. The molecule has 2 aromatic carbocycles. The van der Waals surface area contributed by atoms with Gasteiger partial charge in [-0.15, -0.1) is 0 Å². The van der Waals surface area contributed by atoms with E-state index < -0.39 is 17.9 Å². The lowest BCUT2D eigenvalue weighted by atomic mass is 10.0. The SMILES string of the molecule is CCCOc1ccc(C(CC(=O)O)NC(=O)c2ccc(Cl)cc2Cl)cc1. The van der Waals surface area contributed by atoms with Gasteiger partial charge < -0.3 is 15.2 Å². The number of aliphatic carboxylic acids is 1. The number of nitrogens with one attached hydrogen (secondary N) is 1. The zero-order chi connectivity index (χ0) is 19.1. The minimum Gasteiger partial charge on any atom is -0.494 e. The van der Waals surface area contributed by atoms with Crippen LogP contribution >= 0.6 is 23.2 Å². The van der Waals surface area contributed by atoms with Gasteiger partial charge in [0.25, 0.3) is 5.91 Å². The molecule has 0 aliphatic heterocycles. The summed E-state index contributed by atoms with van der Waals surface area (Å²) in [5, 5.41) is 12.5. The molecule has 5 nitrogen and oxygen atoms in total. The molecule has 2 rings (SSSR count). The second kappa shape index (κ2) is 9.46. The lowest BCUT2D eigenvalue weighted by Crippen LogP contribution is -2.30. The predicted octanol–water partition coefficient (Wildman–Crippen LogP) is 4.73. The van der Waals surface area contributed by atoms with Gasteiger partial charge in [0.05, 0.1) is 29.7 Å². The molecule has 0 aliphatic rings. The first-order valence-corrected chi connectivity index (χ1v) is 8.86. The van der Waals surface area contributed by atoms with Gasteiger partial charge in [-0.1, -0.05) is 42.3 Å². The van der Waals surface area contributed by atoms with E-state index in [1.165, 1.54) is 12.1 Å². The van der Waals surface area contributed by atoms with Gasteiger partial charge in [-0.05, 0) is 42.3 Å². The van der Waals surface area contributed by atoms with Crippen molar-refractivity contribution in [3.63, 3.8) is 0 Å². The van der Waals surface area contributed by atoms with Crippen molar-refractivity contribution in [1.82, 2.24) is 5.32 Å². The summed E-state index contributed by atoms with van der Waals surface area (Å²) in [5.74, 6) is -0.801. The van der Waals surface area contributed by atoms with Crippen LogP contribution in [0.25, 0.3) is 0 Å². The maximum atomic E-state index is 12.5. The summed E-state index contributed by atoms with van der Waals surface area (Å²) in [7, 11) is 0. The number of halogens is 2. The number of carboxylic acids is 1. The second-order valence-corrected chi connectivity index (χ2v) is 6.51. The van der Waals surface area contributed by atoms with Crippen LogP contribution in [0, 0.1) is 0 Å². The van der Waals surface area contributed by atoms with Crippen molar-refractivity contribution in [2.24, 2.45) is 0 Å². The van der Waals surface area contributed by atoms with E-state index in [2.05, 4.69) is 5.32 Å². The Morgan fingerprint density at radius 2 is 1.85 bits per heavy atom. The second-order valence-electron chi connectivity index (χ2n) is 5.67. The quantitative estimate of drug-likeness (QED) is 0.677. The third-order valence-electron chi connectivity index (χ3n) is 3.62. The van der Waals surface area contributed by atoms with Gasteiger partial charge >= 0.3 is 5.97 Å². The number of benzene rings is 2. The van der Waals surface area contributed by atoms with E-state index in [1.54, 1.807) is 30.3 Å². The van der Waals surface area contributed by atoms with E-state index in [0.29, 0.717) is 22.9 Å². The molecule has 1 atom stereocenters. The third-order valence-corrected chi connectivity index (χ3v) is 4.16. The number of carboxylic acid groups (broad SMARTS) is 1. The molecule has 0 radical (unpaired) electrons. The van der Waals surface area contributed by atoms with Gasteiger partial charge in [-0.3, -0.25) is 9.59 Å². The van der Waals surface area contributed by atoms with Crippen molar-refractivity contribution in [2.45, 2.75) is 25.8 Å². The largest absolute Gasteiger partial charge is 0.494 e. The molecule has 0 saturated heterocycles. The average molecular weight is 396 g/mol. The Bertz CT molecular complexity index is 778. The van der Waals surface area contributed by atoms with Gasteiger partial charge in [0, 0.05) is 5.02 Å². The summed E-state index contributed by atoms with van der Waals surface area (Å²) < 4.78 is 5.51. The fraction of sp³-hybridized carbons (Fsp3) is 0.263. The van der Waals surface area contributed by atoms with Crippen LogP contribution in [0.4, 0.5) is 0 Å². The van der Waals surface area contributed by atoms with Crippen LogP contribution in [0.1, 0.15) is 41.7 Å². The van der Waals surface area contributed by atoms with E-state index >= 15 is 0 Å². The Morgan fingerprint density at radius 1 is 1.15 bits per heavy atom. The van der Waals surface area contributed by atoms with Crippen molar-refractivity contribution >= 4 is 35.1 Å². The molecule has 0 heterocycles. The number of amides is 1. The van der Waals surface area contributed by atoms with Gasteiger partial charge in [0.1, 0.15) is 5.75 Å². The van der Waals surface area contributed by atoms with Crippen LogP contribution in [-0.4, -0.2) is 23.6 Å². The first-order valence-electron chi connectivity index (χ1n) is 8.11. The monoisotopic (exact) mass is 395 g/mol. The van der Waals surface area contributed by atoms with Crippen molar-refractivity contribution in [1.29, 1.82) is 0 Å². The van der Waals surface area contributed by atoms with Gasteiger partial charge in [0.15, 0.2) is 0 Å². The van der Waals surface area contributed by atoms with Crippen molar-refractivity contribution < 1.29 is 19.4 Å². The lowest BCUT2D eigenvalue weighted by molar-refractivity contribution is -0.137. The Labute approximate surface area is 161 Å². The van der Waals surface area contributed by atoms with Crippen LogP contribution in [0.5, 0.6) is 5.75 Å². The molecule has 2 N–H and O–H groups in total. The van der Waals surface area contributed by atoms with Crippen molar-refractivity contribution in [2.75, 3.05) is 6.61 Å². The molecule has 1 unspecified atom stereocenters. The Morgan fingerprint density at radius 3 is 2.42 bits per heavy atom. The highest BCUT2D eigenvalue weighted by molar-refractivity contribution is 6.36. The van der Waals surface area contributed by atoms with Crippen LogP contribution < -0.4 is 10.1 Å². The third kappa shape index (κ3) is 5.64. The number of ether oxygens (including phenoxy) is 1. The number of carbonyl (C=O) groups excluding carboxylic acids is 1. The van der Waals surface area contributed by atoms with Gasteiger partial charge in [-0.25, -0.2) is 0 Å². The molecule has 0 aromatic heterocycles. The maximum absolute atomic E-state index is 12.5. The molecule has 0 aliphatic carbocycles. The van der Waals surface area contributed by atoms with E-state index in [1.807, 2.05) is 6.92 Å².